The summed E-state index contributed by atoms with van der Waals surface area (Å²) >= 11 is 0. The molecule has 1 fully saturated rings. The molecule has 0 radical (unpaired) electrons. The van der Waals surface area contributed by atoms with Crippen molar-refractivity contribution in [2.45, 2.75) is 96.4 Å². The van der Waals surface area contributed by atoms with Gasteiger partial charge in [-0.2, -0.15) is 0 Å². The van der Waals surface area contributed by atoms with Crippen LogP contribution in [0.2, 0.25) is 0 Å². The zero-order valence-electron chi connectivity index (χ0n) is 27.8. The summed E-state index contributed by atoms with van der Waals surface area (Å²) in [7, 11) is 3.22. The number of rotatable bonds is 21. The van der Waals surface area contributed by atoms with Gasteiger partial charge in [0.2, 0.25) is 11.8 Å². The maximum atomic E-state index is 13.6. The highest BCUT2D eigenvalue weighted by atomic mass is 16.6. The van der Waals surface area contributed by atoms with Crippen LogP contribution in [0.3, 0.4) is 0 Å². The van der Waals surface area contributed by atoms with Crippen LogP contribution >= 0.6 is 0 Å². The molecule has 0 aromatic heterocycles. The van der Waals surface area contributed by atoms with E-state index in [9.17, 15) is 19.2 Å². The Morgan fingerprint density at radius 2 is 1.76 bits per heavy atom. The van der Waals surface area contributed by atoms with E-state index in [2.05, 4.69) is 26.1 Å². The summed E-state index contributed by atoms with van der Waals surface area (Å²) in [4.78, 5) is 54.4. The van der Waals surface area contributed by atoms with Crippen LogP contribution in [0.1, 0.15) is 77.7 Å². The standard InChI is InChI=1S/C32H51N7O7/c1-32(2,3)46-31(43)36-26(16-12-7-6-8-13-17-44-5)30(42)35-27(25-18-24(25)20-34-38-33)19-28(40)37-39(4)21-29(41)45-22-23-14-10-9-11-15-23/h9-11,14-15,24-27H,6-8,12-13,16-22H2,1-5H3,(H,35,42)(H,36,43)(H,37,40)/t24-,25-,26-,27+/m0/s1. The number of nitrogens with one attached hydrogen (secondary N) is 3. The molecule has 46 heavy (non-hydrogen) atoms. The summed E-state index contributed by atoms with van der Waals surface area (Å²) in [6, 6.07) is 7.82. The van der Waals surface area contributed by atoms with Gasteiger partial charge in [-0.1, -0.05) is 61.1 Å². The van der Waals surface area contributed by atoms with E-state index in [1.54, 1.807) is 34.9 Å². The van der Waals surface area contributed by atoms with Gasteiger partial charge in [-0.25, -0.2) is 9.80 Å². The molecule has 3 amide bonds. The van der Waals surface area contributed by atoms with Gasteiger partial charge in [0, 0.05) is 44.7 Å². The summed E-state index contributed by atoms with van der Waals surface area (Å²) < 4.78 is 15.8. The van der Waals surface area contributed by atoms with Gasteiger partial charge in [0.05, 0.1) is 0 Å². The van der Waals surface area contributed by atoms with Gasteiger partial charge in [0.15, 0.2) is 0 Å². The fourth-order valence-electron chi connectivity index (χ4n) is 5.03. The second-order valence-electron chi connectivity index (χ2n) is 12.7. The van der Waals surface area contributed by atoms with Crippen LogP contribution in [0.15, 0.2) is 35.4 Å². The van der Waals surface area contributed by atoms with E-state index in [4.69, 9.17) is 19.7 Å². The lowest BCUT2D eigenvalue weighted by molar-refractivity contribution is -0.147. The zero-order valence-corrected chi connectivity index (χ0v) is 27.8. The molecule has 1 aliphatic carbocycles. The maximum absolute atomic E-state index is 13.6. The SMILES string of the molecule is COCCCCCCC[C@H](NC(=O)OC(C)(C)C)C(=O)N[C@H](CC(=O)NN(C)CC(=O)OCc1ccccc1)[C@H]1C[C@H]1CN=[N+]=[N-]. The molecule has 1 aliphatic rings. The number of alkyl carbamates (subject to hydrolysis) is 1. The van der Waals surface area contributed by atoms with Crippen LogP contribution in [0, 0.1) is 11.8 Å². The first-order chi connectivity index (χ1) is 21.9. The number of ether oxygens (including phenoxy) is 3. The van der Waals surface area contributed by atoms with Crippen LogP contribution < -0.4 is 16.1 Å². The molecule has 0 unspecified atom stereocenters. The fraction of sp³-hybridized carbons (Fsp3) is 0.688. The molecular formula is C32H51N7O7. The van der Waals surface area contributed by atoms with E-state index >= 15 is 0 Å². The molecule has 3 N–H and O–H groups in total. The third-order valence-corrected chi connectivity index (χ3v) is 7.38. The number of esters is 1. The summed E-state index contributed by atoms with van der Waals surface area (Å²) in [6.07, 6.45) is 4.83. The molecule has 2 rings (SSSR count). The van der Waals surface area contributed by atoms with Crippen LogP contribution in [0.4, 0.5) is 4.79 Å². The van der Waals surface area contributed by atoms with Crippen molar-refractivity contribution in [1.29, 1.82) is 0 Å². The third-order valence-electron chi connectivity index (χ3n) is 7.38. The van der Waals surface area contributed by atoms with Gasteiger partial charge >= 0.3 is 12.1 Å². The Balaban J connectivity index is 2.00. The van der Waals surface area contributed by atoms with Crippen LogP contribution in [0.25, 0.3) is 10.4 Å². The topological polar surface area (TPSA) is 184 Å². The Labute approximate surface area is 271 Å². The Bertz CT molecular complexity index is 1160. The Kier molecular flexibility index (Phi) is 16.9. The molecule has 14 nitrogen and oxygen atoms in total. The largest absolute Gasteiger partial charge is 0.460 e. The van der Waals surface area contributed by atoms with Crippen LogP contribution in [-0.2, 0) is 35.2 Å². The molecule has 4 atom stereocenters. The number of azide groups is 1. The number of unbranched alkanes of at least 4 members (excludes halogenated alkanes) is 4. The molecule has 1 aromatic carbocycles. The first-order valence-electron chi connectivity index (χ1n) is 15.9. The average Bonchev–Trinajstić information content (AvgIpc) is 3.76. The van der Waals surface area contributed by atoms with Crippen molar-refractivity contribution in [3.8, 4) is 0 Å². The van der Waals surface area contributed by atoms with Crippen LogP contribution in [0.5, 0.6) is 0 Å². The molecule has 0 heterocycles. The predicted octanol–water partition coefficient (Wildman–Crippen LogP) is 4.39. The van der Waals surface area contributed by atoms with Gasteiger partial charge in [-0.15, -0.1) is 0 Å². The number of likely N-dealkylation sites (N-methyl/N-ethyl adjacent to an activating group) is 1. The molecule has 0 bridgehead atoms. The van der Waals surface area contributed by atoms with E-state index in [0.29, 0.717) is 25.9 Å². The quantitative estimate of drug-likeness (QED) is 0.0439. The highest BCUT2D eigenvalue weighted by Crippen LogP contribution is 2.42. The molecule has 0 aliphatic heterocycles. The second-order valence-corrected chi connectivity index (χ2v) is 12.7. The van der Waals surface area contributed by atoms with Crippen molar-refractivity contribution >= 4 is 23.9 Å². The van der Waals surface area contributed by atoms with Crippen molar-refractivity contribution in [3.63, 3.8) is 0 Å². The first-order valence-corrected chi connectivity index (χ1v) is 15.9. The Morgan fingerprint density at radius 1 is 1.07 bits per heavy atom. The van der Waals surface area contributed by atoms with Gasteiger partial charge in [-0.3, -0.25) is 19.8 Å². The molecule has 1 saturated carbocycles. The smallest absolute Gasteiger partial charge is 0.408 e. The van der Waals surface area contributed by atoms with E-state index in [-0.39, 0.29) is 38.0 Å². The number of hydrogen-bond donors (Lipinski definition) is 3. The van der Waals surface area contributed by atoms with Crippen molar-refractivity contribution in [3.05, 3.63) is 46.3 Å². The lowest BCUT2D eigenvalue weighted by Gasteiger charge is -2.26. The van der Waals surface area contributed by atoms with Gasteiger partial charge in [-0.05, 0) is 63.0 Å². The summed E-state index contributed by atoms with van der Waals surface area (Å²) in [6.45, 7) is 6.14. The minimum Gasteiger partial charge on any atom is -0.460 e. The van der Waals surface area contributed by atoms with E-state index in [1.807, 2.05) is 30.3 Å². The molecule has 1 aromatic rings. The normalized spacial score (nSPS) is 16.8. The lowest BCUT2D eigenvalue weighted by Crippen LogP contribution is -2.52. The van der Waals surface area contributed by atoms with Crippen molar-refractivity contribution < 1.29 is 33.4 Å². The number of hydrogen-bond acceptors (Lipinski definition) is 9. The first kappa shape index (κ1) is 38.3. The number of carbonyl (C=O) groups is 4. The number of hydrazine groups is 1. The number of amides is 3. The van der Waals surface area contributed by atoms with E-state index in [0.717, 1.165) is 31.2 Å². The van der Waals surface area contributed by atoms with Crippen molar-refractivity contribution in [2.75, 3.05) is 33.9 Å². The lowest BCUT2D eigenvalue weighted by atomic mass is 10.0. The van der Waals surface area contributed by atoms with Crippen LogP contribution in [-0.4, -0.2) is 80.4 Å². The fourth-order valence-corrected chi connectivity index (χ4v) is 5.03. The predicted molar refractivity (Wildman–Crippen MR) is 172 cm³/mol. The Hall–Kier alpha value is -3.87. The molecule has 256 valence electrons. The molecule has 0 spiro atoms. The molecular weight excluding hydrogens is 594 g/mol. The second kappa shape index (κ2) is 20.3. The summed E-state index contributed by atoms with van der Waals surface area (Å²) in [5.74, 6) is -1.42. The minimum absolute atomic E-state index is 0.0176. The molecule has 0 saturated heterocycles. The van der Waals surface area contributed by atoms with Crippen molar-refractivity contribution in [2.24, 2.45) is 17.0 Å². The van der Waals surface area contributed by atoms with E-state index < -0.39 is 41.6 Å². The maximum Gasteiger partial charge on any atom is 0.408 e. The van der Waals surface area contributed by atoms with Gasteiger partial charge in [0.1, 0.15) is 24.8 Å². The zero-order chi connectivity index (χ0) is 34.0. The number of benzene rings is 1. The number of nitrogens with zero attached hydrogens (tertiary/aromatic N) is 4. The van der Waals surface area contributed by atoms with Gasteiger partial charge < -0.3 is 24.8 Å². The Morgan fingerprint density at radius 3 is 2.43 bits per heavy atom. The number of methoxy groups -OCH3 is 1. The monoisotopic (exact) mass is 645 g/mol. The molecule has 14 heteroatoms. The minimum atomic E-state index is -0.865. The van der Waals surface area contributed by atoms with Crippen molar-refractivity contribution in [1.82, 2.24) is 21.1 Å². The summed E-state index contributed by atoms with van der Waals surface area (Å²) in [5.41, 5.74) is 11.5. The third kappa shape index (κ3) is 16.4. The average molecular weight is 646 g/mol. The highest BCUT2D eigenvalue weighted by Gasteiger charge is 2.44. The number of carbonyl (C=O) groups excluding carboxylic acids is 4. The van der Waals surface area contributed by atoms with Gasteiger partial charge in [0.25, 0.3) is 0 Å². The summed E-state index contributed by atoms with van der Waals surface area (Å²) in [5, 5.41) is 10.7. The van der Waals surface area contributed by atoms with E-state index in [1.165, 1.54) is 5.01 Å². The highest BCUT2D eigenvalue weighted by molar-refractivity contribution is 5.86.